The van der Waals surface area contributed by atoms with Gasteiger partial charge in [0, 0.05) is 0 Å². The van der Waals surface area contributed by atoms with Crippen molar-refractivity contribution >= 4 is 22.0 Å². The zero-order valence-electron chi connectivity index (χ0n) is 13.6. The molecule has 0 saturated heterocycles. The molecule has 0 heterocycles. The van der Waals surface area contributed by atoms with Crippen LogP contribution < -0.4 is 4.72 Å². The second-order valence-electron chi connectivity index (χ2n) is 6.08. The minimum absolute atomic E-state index is 0.334. The van der Waals surface area contributed by atoms with Gasteiger partial charge in [-0.15, -0.1) is 0 Å². The summed E-state index contributed by atoms with van der Waals surface area (Å²) in [4.78, 5) is 23.4. The van der Waals surface area contributed by atoms with Gasteiger partial charge in [-0.1, -0.05) is 13.8 Å². The van der Waals surface area contributed by atoms with Crippen molar-refractivity contribution in [1.82, 2.24) is 4.72 Å². The molecule has 0 saturated carbocycles. The number of methoxy groups -OCH3 is 1. The third-order valence-corrected chi connectivity index (χ3v) is 4.32. The summed E-state index contributed by atoms with van der Waals surface area (Å²) < 4.78 is 36.0. The lowest BCUT2D eigenvalue weighted by molar-refractivity contribution is -0.158. The van der Waals surface area contributed by atoms with E-state index >= 15 is 0 Å². The number of carbonyl (C=O) groups excluding carboxylic acids is 2. The summed E-state index contributed by atoms with van der Waals surface area (Å²) in [5, 5.41) is -1.41. The van der Waals surface area contributed by atoms with E-state index in [9.17, 15) is 18.0 Å². The molecule has 0 aliphatic rings. The van der Waals surface area contributed by atoms with Gasteiger partial charge in [0.1, 0.15) is 11.6 Å². The molecule has 124 valence electrons. The molecule has 1 N–H and O–H groups in total. The van der Waals surface area contributed by atoms with Crippen molar-refractivity contribution in [1.29, 1.82) is 0 Å². The van der Waals surface area contributed by atoms with Crippen molar-refractivity contribution in [2.24, 2.45) is 5.92 Å². The average Bonchev–Trinajstić information content (AvgIpc) is 2.31. The first-order valence-corrected chi connectivity index (χ1v) is 8.18. The third-order valence-electron chi connectivity index (χ3n) is 2.62. The van der Waals surface area contributed by atoms with Gasteiger partial charge in [-0.25, -0.2) is 8.42 Å². The molecule has 0 radical (unpaired) electrons. The van der Waals surface area contributed by atoms with Crippen LogP contribution in [0.3, 0.4) is 0 Å². The highest BCUT2D eigenvalue weighted by Crippen LogP contribution is 2.14. The maximum absolute atomic E-state index is 12.1. The summed E-state index contributed by atoms with van der Waals surface area (Å²) in [7, 11) is -2.94. The molecule has 0 aliphatic carbocycles. The van der Waals surface area contributed by atoms with Gasteiger partial charge >= 0.3 is 11.9 Å². The Balaban J connectivity index is 5.19. The van der Waals surface area contributed by atoms with Crippen molar-refractivity contribution < 1.29 is 27.5 Å². The van der Waals surface area contributed by atoms with Crippen LogP contribution in [0.5, 0.6) is 0 Å². The second kappa shape index (κ2) is 7.22. The summed E-state index contributed by atoms with van der Waals surface area (Å²) in [6.07, 6.45) is 0. The number of carbonyl (C=O) groups is 2. The molecule has 0 spiro atoms. The Morgan fingerprint density at radius 2 is 1.52 bits per heavy atom. The molecule has 0 rings (SSSR count). The molecule has 0 aromatic heterocycles. The highest BCUT2D eigenvalue weighted by molar-refractivity contribution is 7.90. The molecule has 1 unspecified atom stereocenters. The molecule has 0 aliphatic heterocycles. The maximum Gasteiger partial charge on any atom is 0.325 e. The molecule has 0 aromatic carbocycles. The number of hydrogen-bond donors (Lipinski definition) is 1. The van der Waals surface area contributed by atoms with Crippen LogP contribution in [0.15, 0.2) is 0 Å². The van der Waals surface area contributed by atoms with E-state index in [2.05, 4.69) is 9.46 Å². The highest BCUT2D eigenvalue weighted by Gasteiger charge is 2.36. The Morgan fingerprint density at radius 1 is 1.05 bits per heavy atom. The first kappa shape index (κ1) is 19.9. The van der Waals surface area contributed by atoms with E-state index in [1.165, 1.54) is 6.92 Å². The average molecular weight is 323 g/mol. The Hall–Kier alpha value is -1.15. The van der Waals surface area contributed by atoms with Crippen LogP contribution in [-0.4, -0.2) is 44.4 Å². The van der Waals surface area contributed by atoms with Crippen molar-refractivity contribution in [3.63, 3.8) is 0 Å². The molecular formula is C13H25NO6S. The van der Waals surface area contributed by atoms with Gasteiger partial charge in [-0.05, 0) is 33.6 Å². The van der Waals surface area contributed by atoms with Gasteiger partial charge < -0.3 is 9.47 Å². The van der Waals surface area contributed by atoms with Gasteiger partial charge in [0.05, 0.1) is 7.11 Å². The summed E-state index contributed by atoms with van der Waals surface area (Å²) >= 11 is 0. The molecule has 2 atom stereocenters. The number of hydrogen-bond acceptors (Lipinski definition) is 6. The van der Waals surface area contributed by atoms with Crippen LogP contribution in [0, 0.1) is 5.92 Å². The minimum Gasteiger partial charge on any atom is -0.468 e. The van der Waals surface area contributed by atoms with Crippen LogP contribution in [0.4, 0.5) is 0 Å². The Kier molecular flexibility index (Phi) is 6.82. The molecule has 0 fully saturated rings. The van der Waals surface area contributed by atoms with Gasteiger partial charge in [0.2, 0.25) is 10.0 Å². The topological polar surface area (TPSA) is 98.8 Å². The van der Waals surface area contributed by atoms with E-state index in [1.54, 1.807) is 34.6 Å². The lowest BCUT2D eigenvalue weighted by Crippen LogP contribution is -2.50. The van der Waals surface area contributed by atoms with Crippen molar-refractivity contribution in [2.45, 2.75) is 58.4 Å². The van der Waals surface area contributed by atoms with Crippen molar-refractivity contribution in [3.8, 4) is 0 Å². The van der Waals surface area contributed by atoms with Gasteiger partial charge in [0.25, 0.3) is 0 Å². The lowest BCUT2D eigenvalue weighted by Gasteiger charge is -2.27. The Bertz CT molecular complexity index is 477. The van der Waals surface area contributed by atoms with Gasteiger partial charge in [0.15, 0.2) is 5.25 Å². The second-order valence-corrected chi connectivity index (χ2v) is 8.12. The third kappa shape index (κ3) is 6.43. The lowest BCUT2D eigenvalue weighted by atomic mass is 10.1. The van der Waals surface area contributed by atoms with E-state index in [0.29, 0.717) is 0 Å². The van der Waals surface area contributed by atoms with E-state index < -0.39 is 38.9 Å². The molecule has 0 aromatic rings. The van der Waals surface area contributed by atoms with Gasteiger partial charge in [-0.3, -0.25) is 9.59 Å². The fraction of sp³-hybridized carbons (Fsp3) is 0.846. The minimum atomic E-state index is -4.04. The largest absolute Gasteiger partial charge is 0.468 e. The van der Waals surface area contributed by atoms with E-state index in [-0.39, 0.29) is 5.92 Å². The number of sulfonamides is 1. The van der Waals surface area contributed by atoms with Crippen molar-refractivity contribution in [3.05, 3.63) is 0 Å². The standard InChI is InChI=1S/C13H25NO6S/c1-8(2)10(12(16)20-13(4,5)6)14-21(17,18)9(3)11(15)19-7/h8-10,14H,1-7H3/t9?,10-/m0/s1. The molecule has 8 heteroatoms. The fourth-order valence-electron chi connectivity index (χ4n) is 1.39. The zero-order valence-corrected chi connectivity index (χ0v) is 14.4. The van der Waals surface area contributed by atoms with Crippen LogP contribution in [-0.2, 0) is 29.1 Å². The summed E-state index contributed by atoms with van der Waals surface area (Å²) in [6, 6.07) is -1.07. The predicted octanol–water partition coefficient (Wildman–Crippen LogP) is 0.834. The Labute approximate surface area is 126 Å². The first-order valence-electron chi connectivity index (χ1n) is 6.63. The summed E-state index contributed by atoms with van der Waals surface area (Å²) in [5.74, 6) is -1.91. The zero-order chi connectivity index (χ0) is 17.0. The molecule has 7 nitrogen and oxygen atoms in total. The maximum atomic E-state index is 12.1. The number of nitrogens with one attached hydrogen (secondary N) is 1. The predicted molar refractivity (Wildman–Crippen MR) is 78.0 cm³/mol. The van der Waals surface area contributed by atoms with E-state index in [4.69, 9.17) is 4.74 Å². The quantitative estimate of drug-likeness (QED) is 0.727. The number of ether oxygens (including phenoxy) is 2. The molecule has 0 bridgehead atoms. The van der Waals surface area contributed by atoms with Gasteiger partial charge in [-0.2, -0.15) is 4.72 Å². The first-order chi connectivity index (χ1) is 9.31. The highest BCUT2D eigenvalue weighted by atomic mass is 32.2. The molecular weight excluding hydrogens is 298 g/mol. The summed E-state index contributed by atoms with van der Waals surface area (Å²) in [6.45, 7) is 9.62. The van der Waals surface area contributed by atoms with Crippen LogP contribution in [0.25, 0.3) is 0 Å². The SMILES string of the molecule is COC(=O)C(C)S(=O)(=O)N[C@H](C(=O)OC(C)(C)C)C(C)C. The number of esters is 2. The smallest absolute Gasteiger partial charge is 0.325 e. The van der Waals surface area contributed by atoms with Crippen LogP contribution in [0.2, 0.25) is 0 Å². The van der Waals surface area contributed by atoms with E-state index in [0.717, 1.165) is 7.11 Å². The number of rotatable bonds is 6. The normalized spacial score (nSPS) is 15.4. The molecule has 21 heavy (non-hydrogen) atoms. The Morgan fingerprint density at radius 3 is 1.86 bits per heavy atom. The van der Waals surface area contributed by atoms with Crippen molar-refractivity contribution in [2.75, 3.05) is 7.11 Å². The van der Waals surface area contributed by atoms with Crippen LogP contribution >= 0.6 is 0 Å². The summed E-state index contributed by atoms with van der Waals surface area (Å²) in [5.41, 5.74) is -0.733. The van der Waals surface area contributed by atoms with E-state index in [1.807, 2.05) is 0 Å². The fourth-order valence-corrected chi connectivity index (χ4v) is 2.67. The van der Waals surface area contributed by atoms with Crippen LogP contribution in [0.1, 0.15) is 41.5 Å². The monoisotopic (exact) mass is 323 g/mol. The molecule has 0 amide bonds.